The number of anilines is 1. The van der Waals surface area contributed by atoms with Gasteiger partial charge in [0.2, 0.25) is 5.91 Å². The van der Waals surface area contributed by atoms with Gasteiger partial charge in [0.1, 0.15) is 11.6 Å². The van der Waals surface area contributed by atoms with Crippen molar-refractivity contribution < 1.29 is 23.5 Å². The van der Waals surface area contributed by atoms with Crippen LogP contribution in [0.4, 0.5) is 14.5 Å². The maximum atomic E-state index is 13.8. The first-order chi connectivity index (χ1) is 17.6. The molecule has 6 nitrogen and oxygen atoms in total. The van der Waals surface area contributed by atoms with E-state index in [0.29, 0.717) is 17.8 Å². The maximum absolute atomic E-state index is 13.8. The van der Waals surface area contributed by atoms with Gasteiger partial charge in [-0.3, -0.25) is 9.59 Å². The number of carbonyl (C=O) groups is 2. The number of hydrogen-bond acceptors (Lipinski definition) is 4. The van der Waals surface area contributed by atoms with E-state index in [0.717, 1.165) is 23.6 Å². The molecule has 3 aromatic carbocycles. The third-order valence-electron chi connectivity index (χ3n) is 6.05. The Morgan fingerprint density at radius 1 is 0.946 bits per heavy atom. The molecule has 0 aliphatic heterocycles. The second kappa shape index (κ2) is 13.1. The normalized spacial score (nSPS) is 12.6. The van der Waals surface area contributed by atoms with Gasteiger partial charge in [-0.15, -0.1) is 0 Å². The molecule has 0 bridgehead atoms. The highest BCUT2D eigenvalue weighted by atomic mass is 19.1. The van der Waals surface area contributed by atoms with Gasteiger partial charge in [-0.1, -0.05) is 37.3 Å². The second-order valence-electron chi connectivity index (χ2n) is 9.14. The summed E-state index contributed by atoms with van der Waals surface area (Å²) in [5.74, 6) is -2.22. The fourth-order valence-corrected chi connectivity index (χ4v) is 4.07. The van der Waals surface area contributed by atoms with Crippen LogP contribution in [0.5, 0.6) is 0 Å². The Hall–Kier alpha value is -3.62. The van der Waals surface area contributed by atoms with Gasteiger partial charge in [0, 0.05) is 37.3 Å². The third-order valence-corrected chi connectivity index (χ3v) is 6.05. The van der Waals surface area contributed by atoms with Crippen molar-refractivity contribution in [2.45, 2.75) is 52.3 Å². The number of halogens is 2. The zero-order valence-electron chi connectivity index (χ0n) is 21.3. The highest BCUT2D eigenvalue weighted by Crippen LogP contribution is 2.18. The van der Waals surface area contributed by atoms with Crippen LogP contribution in [0.15, 0.2) is 60.7 Å². The van der Waals surface area contributed by atoms with E-state index < -0.39 is 29.7 Å². The zero-order chi connectivity index (χ0) is 26.9. The van der Waals surface area contributed by atoms with Gasteiger partial charge in [-0.05, 0) is 66.3 Å². The number of aliphatic hydroxyl groups excluding tert-OH is 1. The molecule has 0 aromatic heterocycles. The quantitative estimate of drug-likeness (QED) is 0.311. The fourth-order valence-electron chi connectivity index (χ4n) is 4.07. The molecule has 3 aromatic rings. The minimum Gasteiger partial charge on any atom is -0.390 e. The van der Waals surface area contributed by atoms with Crippen LogP contribution in [0.25, 0.3) is 0 Å². The molecule has 0 spiro atoms. The van der Waals surface area contributed by atoms with E-state index in [9.17, 15) is 23.5 Å². The fraction of sp³-hybridized carbons (Fsp3) is 0.310. The molecule has 2 atom stereocenters. The lowest BCUT2D eigenvalue weighted by molar-refractivity contribution is -0.114. The number of aliphatic hydroxyl groups is 1. The summed E-state index contributed by atoms with van der Waals surface area (Å²) in [5.41, 5.74) is 4.14. The summed E-state index contributed by atoms with van der Waals surface area (Å²) in [5, 5.41) is 19.7. The molecule has 0 saturated carbocycles. The minimum atomic E-state index is -1.05. The van der Waals surface area contributed by atoms with Crippen molar-refractivity contribution in [2.24, 2.45) is 0 Å². The van der Waals surface area contributed by atoms with Gasteiger partial charge in [0.15, 0.2) is 0 Å². The smallest absolute Gasteiger partial charge is 0.251 e. The highest BCUT2D eigenvalue weighted by Gasteiger charge is 2.23. The minimum absolute atomic E-state index is 0.0129. The number of amides is 2. The molecule has 8 heteroatoms. The summed E-state index contributed by atoms with van der Waals surface area (Å²) in [7, 11) is 0. The number of rotatable bonds is 11. The molecule has 196 valence electrons. The monoisotopic (exact) mass is 509 g/mol. The maximum Gasteiger partial charge on any atom is 0.251 e. The van der Waals surface area contributed by atoms with Gasteiger partial charge < -0.3 is 21.1 Å². The highest BCUT2D eigenvalue weighted by molar-refractivity contribution is 5.97. The predicted molar refractivity (Wildman–Crippen MR) is 140 cm³/mol. The van der Waals surface area contributed by atoms with E-state index in [4.69, 9.17) is 0 Å². The van der Waals surface area contributed by atoms with Crippen LogP contribution in [0.2, 0.25) is 0 Å². The molecule has 0 aliphatic rings. The first-order valence-electron chi connectivity index (χ1n) is 12.2. The summed E-state index contributed by atoms with van der Waals surface area (Å²) in [6, 6.07) is 15.3. The van der Waals surface area contributed by atoms with Crippen molar-refractivity contribution >= 4 is 17.5 Å². The Kier molecular flexibility index (Phi) is 9.88. The lowest BCUT2D eigenvalue weighted by Gasteiger charge is -2.25. The van der Waals surface area contributed by atoms with E-state index in [-0.39, 0.29) is 24.4 Å². The Morgan fingerprint density at radius 2 is 1.65 bits per heavy atom. The van der Waals surface area contributed by atoms with E-state index in [1.807, 2.05) is 18.2 Å². The van der Waals surface area contributed by atoms with Crippen LogP contribution >= 0.6 is 0 Å². The Morgan fingerprint density at radius 3 is 2.32 bits per heavy atom. The van der Waals surface area contributed by atoms with E-state index in [1.165, 1.54) is 24.6 Å². The molecule has 2 unspecified atom stereocenters. The van der Waals surface area contributed by atoms with Crippen molar-refractivity contribution in [3.05, 3.63) is 100 Å². The van der Waals surface area contributed by atoms with E-state index in [1.54, 1.807) is 25.1 Å². The lowest BCUT2D eigenvalue weighted by atomic mass is 9.99. The van der Waals surface area contributed by atoms with E-state index >= 15 is 0 Å². The molecule has 4 N–H and O–H groups in total. The van der Waals surface area contributed by atoms with Crippen LogP contribution < -0.4 is 16.0 Å². The number of aryl methyl sites for hydroxylation is 2. The number of benzene rings is 3. The molecule has 0 fully saturated rings. The standard InChI is InChI=1S/C29H33F2N3O3/c1-4-20-6-5-7-21(10-20)16-32-17-28(36)27(13-22-11-24(30)15-25(31)12-22)34-29(37)23-9-8-18(2)26(14-23)33-19(3)35/h5-12,14-15,27-28,32,36H,4,13,16-17H2,1-3H3,(H,33,35)(H,34,37). The van der Waals surface area contributed by atoms with Crippen LogP contribution in [-0.2, 0) is 24.2 Å². The number of nitrogens with one attached hydrogen (secondary N) is 3. The molecule has 2 amide bonds. The molecular weight excluding hydrogens is 476 g/mol. The SMILES string of the molecule is CCc1cccc(CNCC(O)C(Cc2cc(F)cc(F)c2)NC(=O)c2ccc(C)c(NC(C)=O)c2)c1. The van der Waals surface area contributed by atoms with Gasteiger partial charge in [0.05, 0.1) is 12.1 Å². The number of hydrogen-bond donors (Lipinski definition) is 4. The summed E-state index contributed by atoms with van der Waals surface area (Å²) in [6.45, 7) is 5.91. The molecule has 0 saturated heterocycles. The van der Waals surface area contributed by atoms with Crippen molar-refractivity contribution in [1.29, 1.82) is 0 Å². The molecular formula is C29H33F2N3O3. The molecule has 0 radical (unpaired) electrons. The predicted octanol–water partition coefficient (Wildman–Crippen LogP) is 4.29. The second-order valence-corrected chi connectivity index (χ2v) is 9.14. The lowest BCUT2D eigenvalue weighted by Crippen LogP contribution is -2.48. The Bertz CT molecular complexity index is 1230. The van der Waals surface area contributed by atoms with Crippen LogP contribution in [0.1, 0.15) is 46.5 Å². The Balaban J connectivity index is 1.75. The van der Waals surface area contributed by atoms with Gasteiger partial charge >= 0.3 is 0 Å². The first kappa shape index (κ1) is 28.0. The van der Waals surface area contributed by atoms with Crippen molar-refractivity contribution in [1.82, 2.24) is 10.6 Å². The summed E-state index contributed by atoms with van der Waals surface area (Å²) in [4.78, 5) is 24.6. The average molecular weight is 510 g/mol. The van der Waals surface area contributed by atoms with E-state index in [2.05, 4.69) is 28.9 Å². The summed E-state index contributed by atoms with van der Waals surface area (Å²) < 4.78 is 27.6. The van der Waals surface area contributed by atoms with Crippen molar-refractivity contribution in [3.63, 3.8) is 0 Å². The molecule has 0 heterocycles. The molecule has 37 heavy (non-hydrogen) atoms. The molecule has 3 rings (SSSR count). The van der Waals surface area contributed by atoms with Gasteiger partial charge in [0.25, 0.3) is 5.91 Å². The largest absolute Gasteiger partial charge is 0.390 e. The van der Waals surface area contributed by atoms with Crippen LogP contribution in [0.3, 0.4) is 0 Å². The first-order valence-corrected chi connectivity index (χ1v) is 12.2. The van der Waals surface area contributed by atoms with Crippen LogP contribution in [0, 0.1) is 18.6 Å². The van der Waals surface area contributed by atoms with Crippen molar-refractivity contribution in [3.8, 4) is 0 Å². The summed E-state index contributed by atoms with van der Waals surface area (Å²) in [6.07, 6.45) is -0.124. The van der Waals surface area contributed by atoms with Gasteiger partial charge in [-0.2, -0.15) is 0 Å². The van der Waals surface area contributed by atoms with Gasteiger partial charge in [-0.25, -0.2) is 8.78 Å². The van der Waals surface area contributed by atoms with Crippen molar-refractivity contribution in [2.75, 3.05) is 11.9 Å². The third kappa shape index (κ3) is 8.48. The average Bonchev–Trinajstić information content (AvgIpc) is 2.84. The number of carbonyl (C=O) groups excluding carboxylic acids is 2. The summed E-state index contributed by atoms with van der Waals surface area (Å²) >= 11 is 0. The topological polar surface area (TPSA) is 90.5 Å². The molecule has 0 aliphatic carbocycles. The van der Waals surface area contributed by atoms with Crippen LogP contribution in [-0.4, -0.2) is 35.6 Å². The Labute approximate surface area is 216 Å². The zero-order valence-corrected chi connectivity index (χ0v) is 21.3.